The van der Waals surface area contributed by atoms with E-state index in [9.17, 15) is 33.7 Å². The molecule has 2 N–H and O–H groups in total. The van der Waals surface area contributed by atoms with Crippen LogP contribution in [0.3, 0.4) is 0 Å². The minimum absolute atomic E-state index is 0.000533. The van der Waals surface area contributed by atoms with Gasteiger partial charge in [-0.1, -0.05) is 19.4 Å². The van der Waals surface area contributed by atoms with Crippen molar-refractivity contribution < 1.29 is 38.0 Å². The normalized spacial score (nSPS) is 16.2. The molecule has 1 aliphatic heterocycles. The summed E-state index contributed by atoms with van der Waals surface area (Å²) in [5.74, 6) is -3.14. The van der Waals surface area contributed by atoms with E-state index in [2.05, 4.69) is 10.6 Å². The standard InChI is InChI=1S/C29H35FN4O8/c1-6-7-22(17-8-10-21(23(14-17)34(39)40)27(37)42-29(2,3)4)32-28(38)33-16-25(35)31-15-19(26(33)36)12-18-13-20(30)9-11-24(18)41-5/h8-11,13-14,19,22H,6-7,12,15-16H2,1-5H3,(H,31,35)(H,32,38)/t19-,22+/m0/s1. The van der Waals surface area contributed by atoms with Gasteiger partial charge in [-0.3, -0.25) is 24.6 Å². The molecule has 226 valence electrons. The first-order valence-corrected chi connectivity index (χ1v) is 13.5. The minimum atomic E-state index is -0.892. The largest absolute Gasteiger partial charge is 0.496 e. The summed E-state index contributed by atoms with van der Waals surface area (Å²) in [4.78, 5) is 63.8. The van der Waals surface area contributed by atoms with Crippen molar-refractivity contribution >= 4 is 29.5 Å². The van der Waals surface area contributed by atoms with Crippen LogP contribution < -0.4 is 15.4 Å². The summed E-state index contributed by atoms with van der Waals surface area (Å²) in [6.07, 6.45) is 0.899. The number of rotatable bonds is 9. The number of hydrogen-bond acceptors (Lipinski definition) is 8. The molecule has 1 aliphatic rings. The Morgan fingerprint density at radius 1 is 1.21 bits per heavy atom. The number of carbonyl (C=O) groups is 4. The van der Waals surface area contributed by atoms with Gasteiger partial charge < -0.3 is 20.1 Å². The topological polar surface area (TPSA) is 157 Å². The number of amides is 4. The molecule has 42 heavy (non-hydrogen) atoms. The highest BCUT2D eigenvalue weighted by atomic mass is 19.1. The van der Waals surface area contributed by atoms with Gasteiger partial charge in [-0.05, 0) is 69.0 Å². The predicted octanol–water partition coefficient (Wildman–Crippen LogP) is 4.07. The van der Waals surface area contributed by atoms with Crippen molar-refractivity contribution in [3.63, 3.8) is 0 Å². The van der Waals surface area contributed by atoms with Crippen molar-refractivity contribution in [1.29, 1.82) is 0 Å². The molecule has 0 bridgehead atoms. The van der Waals surface area contributed by atoms with Crippen LogP contribution in [0.1, 0.15) is 68.1 Å². The Morgan fingerprint density at radius 3 is 2.55 bits per heavy atom. The molecule has 1 heterocycles. The summed E-state index contributed by atoms with van der Waals surface area (Å²) in [5, 5.41) is 17.2. The van der Waals surface area contributed by atoms with Gasteiger partial charge in [-0.2, -0.15) is 0 Å². The number of imide groups is 1. The van der Waals surface area contributed by atoms with Crippen molar-refractivity contribution in [2.75, 3.05) is 20.2 Å². The number of esters is 1. The second-order valence-corrected chi connectivity index (χ2v) is 10.9. The van der Waals surface area contributed by atoms with E-state index in [0.29, 0.717) is 29.7 Å². The Bertz CT molecular complexity index is 1370. The summed E-state index contributed by atoms with van der Waals surface area (Å²) in [6, 6.07) is 6.16. The first-order valence-electron chi connectivity index (χ1n) is 13.5. The number of nitrogens with zero attached hydrogens (tertiary/aromatic N) is 2. The predicted molar refractivity (Wildman–Crippen MR) is 149 cm³/mol. The maximum absolute atomic E-state index is 13.9. The van der Waals surface area contributed by atoms with Crippen LogP contribution in [0.2, 0.25) is 0 Å². The zero-order chi connectivity index (χ0) is 31.2. The molecule has 0 spiro atoms. The van der Waals surface area contributed by atoms with Crippen LogP contribution in [-0.2, 0) is 20.7 Å². The molecule has 1 saturated heterocycles. The van der Waals surface area contributed by atoms with Crippen LogP contribution in [0.15, 0.2) is 36.4 Å². The van der Waals surface area contributed by atoms with E-state index in [1.54, 1.807) is 20.8 Å². The average molecular weight is 587 g/mol. The van der Waals surface area contributed by atoms with Crippen molar-refractivity contribution in [3.8, 4) is 5.75 Å². The van der Waals surface area contributed by atoms with Gasteiger partial charge in [-0.25, -0.2) is 14.0 Å². The number of methoxy groups -OCH3 is 1. The summed E-state index contributed by atoms with van der Waals surface area (Å²) in [5.41, 5.74) is -0.876. The van der Waals surface area contributed by atoms with Crippen molar-refractivity contribution in [1.82, 2.24) is 15.5 Å². The number of nitrogens with one attached hydrogen (secondary N) is 2. The number of hydrogen-bond donors (Lipinski definition) is 2. The molecule has 13 heteroatoms. The molecule has 2 aromatic rings. The molecular formula is C29H35FN4O8. The van der Waals surface area contributed by atoms with Crippen LogP contribution in [0, 0.1) is 21.8 Å². The highest BCUT2D eigenvalue weighted by Gasteiger charge is 2.36. The number of nitro groups is 1. The smallest absolute Gasteiger partial charge is 0.345 e. The number of benzene rings is 2. The molecule has 4 amide bonds. The first kappa shape index (κ1) is 32.0. The minimum Gasteiger partial charge on any atom is -0.496 e. The third kappa shape index (κ3) is 8.02. The van der Waals surface area contributed by atoms with Gasteiger partial charge in [0.05, 0.1) is 24.0 Å². The molecule has 2 atom stereocenters. The van der Waals surface area contributed by atoms with Gasteiger partial charge >= 0.3 is 12.0 Å². The maximum Gasteiger partial charge on any atom is 0.345 e. The lowest BCUT2D eigenvalue weighted by Crippen LogP contribution is -2.48. The highest BCUT2D eigenvalue weighted by Crippen LogP contribution is 2.29. The summed E-state index contributed by atoms with van der Waals surface area (Å²) in [6.45, 7) is 6.15. The van der Waals surface area contributed by atoms with E-state index in [-0.39, 0.29) is 18.5 Å². The fourth-order valence-electron chi connectivity index (χ4n) is 4.59. The van der Waals surface area contributed by atoms with Crippen LogP contribution in [-0.4, -0.2) is 59.4 Å². The van der Waals surface area contributed by atoms with Crippen molar-refractivity contribution in [2.24, 2.45) is 5.92 Å². The molecule has 0 aliphatic carbocycles. The third-order valence-corrected chi connectivity index (χ3v) is 6.53. The van der Waals surface area contributed by atoms with Crippen LogP contribution in [0.4, 0.5) is 14.9 Å². The second-order valence-electron chi connectivity index (χ2n) is 10.9. The number of halogens is 1. The van der Waals surface area contributed by atoms with E-state index < -0.39 is 64.3 Å². The third-order valence-electron chi connectivity index (χ3n) is 6.53. The molecule has 0 unspecified atom stereocenters. The van der Waals surface area contributed by atoms with Gasteiger partial charge in [0.25, 0.3) is 5.69 Å². The quantitative estimate of drug-likeness (QED) is 0.253. The van der Waals surface area contributed by atoms with E-state index in [0.717, 1.165) is 4.90 Å². The second kappa shape index (κ2) is 13.4. The van der Waals surface area contributed by atoms with Gasteiger partial charge in [0, 0.05) is 12.6 Å². The Kier molecular flexibility index (Phi) is 10.2. The molecule has 0 saturated carbocycles. The molecular weight excluding hydrogens is 551 g/mol. The summed E-state index contributed by atoms with van der Waals surface area (Å²) < 4.78 is 24.5. The Hall–Kier alpha value is -4.55. The molecule has 0 radical (unpaired) electrons. The van der Waals surface area contributed by atoms with E-state index >= 15 is 0 Å². The van der Waals surface area contributed by atoms with Crippen molar-refractivity contribution in [2.45, 2.75) is 58.6 Å². The first-order chi connectivity index (χ1) is 19.7. The summed E-state index contributed by atoms with van der Waals surface area (Å²) >= 11 is 0. The maximum atomic E-state index is 13.9. The monoisotopic (exact) mass is 586 g/mol. The summed E-state index contributed by atoms with van der Waals surface area (Å²) in [7, 11) is 1.41. The van der Waals surface area contributed by atoms with Gasteiger partial charge in [-0.15, -0.1) is 0 Å². The van der Waals surface area contributed by atoms with E-state index in [4.69, 9.17) is 9.47 Å². The lowest BCUT2D eigenvalue weighted by Gasteiger charge is -2.26. The van der Waals surface area contributed by atoms with E-state index in [1.165, 1.54) is 43.5 Å². The number of carbonyl (C=O) groups excluding carboxylic acids is 4. The van der Waals surface area contributed by atoms with Gasteiger partial charge in [0.15, 0.2) is 0 Å². The van der Waals surface area contributed by atoms with Gasteiger partial charge in [0.1, 0.15) is 29.3 Å². The number of urea groups is 1. The lowest BCUT2D eigenvalue weighted by molar-refractivity contribution is -0.385. The zero-order valence-corrected chi connectivity index (χ0v) is 24.2. The Labute approximate surface area is 242 Å². The number of ether oxygens (including phenoxy) is 2. The van der Waals surface area contributed by atoms with Crippen LogP contribution in [0.5, 0.6) is 5.75 Å². The van der Waals surface area contributed by atoms with Crippen LogP contribution in [0.25, 0.3) is 0 Å². The Morgan fingerprint density at radius 2 is 1.93 bits per heavy atom. The molecule has 3 rings (SSSR count). The average Bonchev–Trinajstić information content (AvgIpc) is 3.05. The SMILES string of the molecule is CCC[C@@H](NC(=O)N1CC(=O)NC[C@H](Cc2cc(F)ccc2OC)C1=O)c1ccc(C(=O)OC(C)(C)C)c([N+](=O)[O-])c1. The fourth-order valence-corrected chi connectivity index (χ4v) is 4.59. The van der Waals surface area contributed by atoms with Crippen molar-refractivity contribution in [3.05, 3.63) is 69.0 Å². The highest BCUT2D eigenvalue weighted by molar-refractivity contribution is 6.01. The molecule has 1 fully saturated rings. The lowest BCUT2D eigenvalue weighted by atomic mass is 9.97. The molecule has 2 aromatic carbocycles. The molecule has 0 aromatic heterocycles. The fraction of sp³-hybridized carbons (Fsp3) is 0.448. The number of nitro benzene ring substituents is 1. The van der Waals surface area contributed by atoms with Gasteiger partial charge in [0.2, 0.25) is 11.8 Å². The van der Waals surface area contributed by atoms with Crippen LogP contribution >= 0.6 is 0 Å². The van der Waals surface area contributed by atoms with E-state index in [1.807, 2.05) is 6.92 Å². The Balaban J connectivity index is 1.88. The molecule has 12 nitrogen and oxygen atoms in total. The zero-order valence-electron chi connectivity index (χ0n) is 24.2.